The molecule has 1 aromatic heterocycles. The molecule has 1 unspecified atom stereocenters. The molecule has 1 rings (SSSR count). The van der Waals surface area contributed by atoms with Crippen molar-refractivity contribution in [3.8, 4) is 0 Å². The molecule has 1 aromatic rings. The first-order valence-corrected chi connectivity index (χ1v) is 6.16. The molecular weight excluding hydrogens is 214 g/mol. The van der Waals surface area contributed by atoms with Crippen LogP contribution in [0.25, 0.3) is 0 Å². The smallest absolute Gasteiger partial charge is 0.228 e. The monoisotopic (exact) mass is 231 g/mol. The average molecular weight is 231 g/mol. The summed E-state index contributed by atoms with van der Waals surface area (Å²) in [5.41, 5.74) is 0. The predicted molar refractivity (Wildman–Crippen MR) is 59.9 cm³/mol. The number of methoxy groups -OCH3 is 1. The standard InChI is InChI=1S/C9H17N3O2S/c1-10-7(5-13-2)4-9-11-8(6-15-3)12-14-9/h7,10H,4-6H2,1-3H3. The van der Waals surface area contributed by atoms with Crippen molar-refractivity contribution in [2.45, 2.75) is 18.2 Å². The Balaban J connectivity index is 2.47. The summed E-state index contributed by atoms with van der Waals surface area (Å²) in [6.07, 6.45) is 2.71. The Morgan fingerprint density at radius 1 is 1.60 bits per heavy atom. The van der Waals surface area contributed by atoms with E-state index >= 15 is 0 Å². The highest BCUT2D eigenvalue weighted by molar-refractivity contribution is 7.97. The molecule has 0 amide bonds. The van der Waals surface area contributed by atoms with Crippen molar-refractivity contribution in [2.24, 2.45) is 0 Å². The zero-order valence-electron chi connectivity index (χ0n) is 9.32. The molecule has 1 N–H and O–H groups in total. The van der Waals surface area contributed by atoms with E-state index in [0.29, 0.717) is 18.9 Å². The van der Waals surface area contributed by atoms with E-state index in [4.69, 9.17) is 9.26 Å². The third kappa shape index (κ3) is 4.19. The maximum atomic E-state index is 5.13. The Bertz CT molecular complexity index is 280. The highest BCUT2D eigenvalue weighted by Gasteiger charge is 2.12. The molecule has 0 aromatic carbocycles. The SMILES string of the molecule is CNC(COC)Cc1nc(CSC)no1. The molecule has 0 aliphatic heterocycles. The first-order chi connectivity index (χ1) is 7.30. The number of thioether (sulfide) groups is 1. The van der Waals surface area contributed by atoms with Crippen LogP contribution in [0.2, 0.25) is 0 Å². The molecule has 0 fully saturated rings. The van der Waals surface area contributed by atoms with Crippen molar-refractivity contribution < 1.29 is 9.26 Å². The van der Waals surface area contributed by atoms with Crippen molar-refractivity contribution >= 4 is 11.8 Å². The van der Waals surface area contributed by atoms with Crippen molar-refractivity contribution in [1.29, 1.82) is 0 Å². The number of hydrogen-bond donors (Lipinski definition) is 1. The van der Waals surface area contributed by atoms with E-state index in [0.717, 1.165) is 11.6 Å². The molecule has 15 heavy (non-hydrogen) atoms. The lowest BCUT2D eigenvalue weighted by atomic mass is 10.2. The minimum atomic E-state index is 0.220. The fraction of sp³-hybridized carbons (Fsp3) is 0.778. The first kappa shape index (κ1) is 12.5. The average Bonchev–Trinajstić information content (AvgIpc) is 2.66. The number of aromatic nitrogens is 2. The van der Waals surface area contributed by atoms with Crippen LogP contribution in [0, 0.1) is 0 Å². The van der Waals surface area contributed by atoms with E-state index in [2.05, 4.69) is 15.5 Å². The minimum Gasteiger partial charge on any atom is -0.383 e. The maximum Gasteiger partial charge on any atom is 0.228 e. The van der Waals surface area contributed by atoms with Crippen molar-refractivity contribution in [3.63, 3.8) is 0 Å². The summed E-state index contributed by atoms with van der Waals surface area (Å²) in [4.78, 5) is 4.28. The molecule has 0 aliphatic carbocycles. The van der Waals surface area contributed by atoms with E-state index in [1.54, 1.807) is 18.9 Å². The molecule has 0 saturated heterocycles. The van der Waals surface area contributed by atoms with Gasteiger partial charge in [0.15, 0.2) is 5.82 Å². The van der Waals surface area contributed by atoms with Gasteiger partial charge in [-0.2, -0.15) is 16.7 Å². The van der Waals surface area contributed by atoms with Gasteiger partial charge in [0.1, 0.15) is 0 Å². The fourth-order valence-corrected chi connectivity index (χ4v) is 1.59. The number of hydrogen-bond acceptors (Lipinski definition) is 6. The number of likely N-dealkylation sites (N-methyl/N-ethyl adjacent to an activating group) is 1. The Kier molecular flexibility index (Phi) is 5.67. The lowest BCUT2D eigenvalue weighted by Crippen LogP contribution is -2.32. The van der Waals surface area contributed by atoms with Crippen LogP contribution in [0.4, 0.5) is 0 Å². The molecule has 0 bridgehead atoms. The second-order valence-electron chi connectivity index (χ2n) is 3.18. The van der Waals surface area contributed by atoms with Crippen LogP contribution in [0.5, 0.6) is 0 Å². The molecule has 1 atom stereocenters. The number of ether oxygens (including phenoxy) is 1. The zero-order valence-corrected chi connectivity index (χ0v) is 10.1. The number of rotatable bonds is 7. The largest absolute Gasteiger partial charge is 0.383 e. The molecule has 1 heterocycles. The van der Waals surface area contributed by atoms with Gasteiger partial charge in [0, 0.05) is 19.6 Å². The van der Waals surface area contributed by atoms with E-state index in [1.165, 1.54) is 0 Å². The lowest BCUT2D eigenvalue weighted by molar-refractivity contribution is 0.165. The van der Waals surface area contributed by atoms with Crippen LogP contribution in [-0.2, 0) is 16.9 Å². The van der Waals surface area contributed by atoms with Gasteiger partial charge in [0.05, 0.1) is 12.4 Å². The molecule has 5 nitrogen and oxygen atoms in total. The van der Waals surface area contributed by atoms with E-state index in [-0.39, 0.29) is 6.04 Å². The van der Waals surface area contributed by atoms with Crippen LogP contribution < -0.4 is 5.32 Å². The molecule has 86 valence electrons. The topological polar surface area (TPSA) is 60.2 Å². The van der Waals surface area contributed by atoms with Crippen LogP contribution in [0.15, 0.2) is 4.52 Å². The minimum absolute atomic E-state index is 0.220. The van der Waals surface area contributed by atoms with Gasteiger partial charge in [0.25, 0.3) is 0 Å². The summed E-state index contributed by atoms with van der Waals surface area (Å²) in [6, 6.07) is 0.220. The molecule has 0 spiro atoms. The summed E-state index contributed by atoms with van der Waals surface area (Å²) in [5, 5.41) is 7.01. The summed E-state index contributed by atoms with van der Waals surface area (Å²) in [7, 11) is 3.57. The van der Waals surface area contributed by atoms with Gasteiger partial charge in [-0.3, -0.25) is 0 Å². The van der Waals surface area contributed by atoms with Crippen molar-refractivity contribution in [3.05, 3.63) is 11.7 Å². The quantitative estimate of drug-likeness (QED) is 0.746. The Morgan fingerprint density at radius 2 is 2.40 bits per heavy atom. The highest BCUT2D eigenvalue weighted by atomic mass is 32.2. The van der Waals surface area contributed by atoms with Gasteiger partial charge in [-0.15, -0.1) is 0 Å². The van der Waals surface area contributed by atoms with Gasteiger partial charge >= 0.3 is 0 Å². The van der Waals surface area contributed by atoms with E-state index < -0.39 is 0 Å². The lowest BCUT2D eigenvalue weighted by Gasteiger charge is -2.11. The third-order valence-corrected chi connectivity index (χ3v) is 2.53. The molecule has 6 heteroatoms. The second-order valence-corrected chi connectivity index (χ2v) is 4.05. The van der Waals surface area contributed by atoms with E-state index in [1.807, 2.05) is 13.3 Å². The number of nitrogens with one attached hydrogen (secondary N) is 1. The van der Waals surface area contributed by atoms with Gasteiger partial charge < -0.3 is 14.6 Å². The van der Waals surface area contributed by atoms with E-state index in [9.17, 15) is 0 Å². The molecule has 0 saturated carbocycles. The van der Waals surface area contributed by atoms with Crippen LogP contribution in [-0.4, -0.2) is 43.2 Å². The summed E-state index contributed by atoms with van der Waals surface area (Å²) in [5.74, 6) is 2.21. The molecular formula is C9H17N3O2S. The van der Waals surface area contributed by atoms with Gasteiger partial charge in [0.2, 0.25) is 5.89 Å². The normalized spacial score (nSPS) is 13.0. The third-order valence-electron chi connectivity index (χ3n) is 1.98. The van der Waals surface area contributed by atoms with Gasteiger partial charge in [-0.25, -0.2) is 0 Å². The second kappa shape index (κ2) is 6.81. The first-order valence-electron chi connectivity index (χ1n) is 4.76. The fourth-order valence-electron chi connectivity index (χ4n) is 1.22. The zero-order chi connectivity index (χ0) is 11.1. The number of nitrogens with zero attached hydrogens (tertiary/aromatic N) is 2. The van der Waals surface area contributed by atoms with Crippen molar-refractivity contribution in [2.75, 3.05) is 27.0 Å². The van der Waals surface area contributed by atoms with Crippen LogP contribution >= 0.6 is 11.8 Å². The Hall–Kier alpha value is -0.590. The highest BCUT2D eigenvalue weighted by Crippen LogP contribution is 2.07. The summed E-state index contributed by atoms with van der Waals surface area (Å²) < 4.78 is 10.2. The predicted octanol–water partition coefficient (Wildman–Crippen LogP) is 0.709. The Morgan fingerprint density at radius 3 is 3.00 bits per heavy atom. The molecule has 0 radical (unpaired) electrons. The Labute approximate surface area is 94.0 Å². The van der Waals surface area contributed by atoms with Gasteiger partial charge in [-0.05, 0) is 13.3 Å². The van der Waals surface area contributed by atoms with Crippen LogP contribution in [0.1, 0.15) is 11.7 Å². The molecule has 0 aliphatic rings. The van der Waals surface area contributed by atoms with Gasteiger partial charge in [-0.1, -0.05) is 5.16 Å². The summed E-state index contributed by atoms with van der Waals surface area (Å²) >= 11 is 1.68. The summed E-state index contributed by atoms with van der Waals surface area (Å²) in [6.45, 7) is 0.636. The van der Waals surface area contributed by atoms with Crippen LogP contribution in [0.3, 0.4) is 0 Å². The maximum absolute atomic E-state index is 5.13. The van der Waals surface area contributed by atoms with Crippen molar-refractivity contribution in [1.82, 2.24) is 15.5 Å².